The molecule has 0 amide bonds. The van der Waals surface area contributed by atoms with Gasteiger partial charge in [0.25, 0.3) is 11.1 Å². The second-order valence-electron chi connectivity index (χ2n) is 9.66. The Morgan fingerprint density at radius 2 is 1.19 bits per heavy atom. The SMILES string of the molecule is COC(=O)c1ccc2c3sccc3c(=O)n(CCCO)c2c1.O=C(O)c1ccc2c3sccc3c(=O)n(CCCO)c2c1. The van der Waals surface area contributed by atoms with Gasteiger partial charge >= 0.3 is 11.9 Å². The van der Waals surface area contributed by atoms with Gasteiger partial charge in [0.2, 0.25) is 0 Å². The van der Waals surface area contributed by atoms with E-state index in [1.54, 1.807) is 39.5 Å². The summed E-state index contributed by atoms with van der Waals surface area (Å²) in [6.45, 7) is 0.753. The number of hydrogen-bond donors (Lipinski definition) is 3. The summed E-state index contributed by atoms with van der Waals surface area (Å²) in [5.74, 6) is -1.46. The van der Waals surface area contributed by atoms with Crippen molar-refractivity contribution in [1.29, 1.82) is 0 Å². The highest BCUT2D eigenvalue weighted by Gasteiger charge is 2.15. The minimum absolute atomic E-state index is 0.00625. The Morgan fingerprint density at radius 3 is 1.63 bits per heavy atom. The summed E-state index contributed by atoms with van der Waals surface area (Å²) >= 11 is 2.97. The molecule has 0 aliphatic carbocycles. The third kappa shape index (κ3) is 5.69. The summed E-state index contributed by atoms with van der Waals surface area (Å²) < 4.78 is 9.69. The maximum atomic E-state index is 12.6. The summed E-state index contributed by atoms with van der Waals surface area (Å²) in [5.41, 5.74) is 1.60. The van der Waals surface area contributed by atoms with Crippen LogP contribution < -0.4 is 11.1 Å². The van der Waals surface area contributed by atoms with E-state index in [0.717, 1.165) is 20.2 Å². The molecule has 12 heteroatoms. The number of carboxylic acids is 1. The van der Waals surface area contributed by atoms with E-state index >= 15 is 0 Å². The van der Waals surface area contributed by atoms with E-state index in [1.807, 2.05) is 22.9 Å². The van der Waals surface area contributed by atoms with Crippen LogP contribution in [-0.4, -0.2) is 56.7 Å². The first-order chi connectivity index (χ1) is 20.8. The maximum Gasteiger partial charge on any atom is 0.337 e. The molecule has 10 nitrogen and oxygen atoms in total. The molecule has 0 aliphatic heterocycles. The molecule has 0 radical (unpaired) electrons. The van der Waals surface area contributed by atoms with E-state index in [2.05, 4.69) is 0 Å². The van der Waals surface area contributed by atoms with E-state index < -0.39 is 11.9 Å². The molecule has 0 spiro atoms. The number of benzene rings is 2. The number of nitrogens with zero attached hydrogens (tertiary/aromatic N) is 2. The molecule has 0 aliphatic rings. The fraction of sp³-hybridized carbons (Fsp3) is 0.226. The van der Waals surface area contributed by atoms with E-state index in [-0.39, 0.29) is 29.9 Å². The number of aromatic nitrogens is 2. The maximum absolute atomic E-state index is 12.6. The van der Waals surface area contributed by atoms with E-state index in [4.69, 9.17) is 20.1 Å². The monoisotopic (exact) mass is 620 g/mol. The number of rotatable bonds is 8. The quantitative estimate of drug-likeness (QED) is 0.208. The molecule has 0 unspecified atom stereocenters. The van der Waals surface area contributed by atoms with Crippen LogP contribution in [0.4, 0.5) is 0 Å². The molecule has 222 valence electrons. The van der Waals surface area contributed by atoms with E-state index in [1.165, 1.54) is 35.8 Å². The second kappa shape index (κ2) is 12.9. The number of methoxy groups -OCH3 is 1. The number of pyridine rings is 2. The van der Waals surface area contributed by atoms with Crippen molar-refractivity contribution in [3.05, 3.63) is 91.1 Å². The summed E-state index contributed by atoms with van der Waals surface area (Å²) in [4.78, 5) is 48.0. The molecule has 0 atom stereocenters. The zero-order valence-corrected chi connectivity index (χ0v) is 24.7. The van der Waals surface area contributed by atoms with Gasteiger partial charge in [-0.05, 0) is 60.0 Å². The van der Waals surface area contributed by atoms with Crippen LogP contribution in [0.1, 0.15) is 33.6 Å². The molecule has 3 N–H and O–H groups in total. The van der Waals surface area contributed by atoms with Crippen LogP contribution >= 0.6 is 22.7 Å². The summed E-state index contributed by atoms with van der Waals surface area (Å²) in [7, 11) is 1.33. The van der Waals surface area contributed by atoms with Gasteiger partial charge in [-0.1, -0.05) is 12.1 Å². The van der Waals surface area contributed by atoms with Gasteiger partial charge in [0.15, 0.2) is 0 Å². The van der Waals surface area contributed by atoms with Gasteiger partial charge in [-0.3, -0.25) is 9.59 Å². The molecule has 0 saturated carbocycles. The molecule has 6 rings (SSSR count). The predicted molar refractivity (Wildman–Crippen MR) is 169 cm³/mol. The van der Waals surface area contributed by atoms with Crippen molar-refractivity contribution in [2.24, 2.45) is 0 Å². The Morgan fingerprint density at radius 1 is 0.721 bits per heavy atom. The lowest BCUT2D eigenvalue weighted by Crippen LogP contribution is -2.21. The van der Waals surface area contributed by atoms with Crippen molar-refractivity contribution < 1.29 is 29.6 Å². The average Bonchev–Trinajstić information content (AvgIpc) is 3.72. The topological polar surface area (TPSA) is 148 Å². The summed E-state index contributed by atoms with van der Waals surface area (Å²) in [6.07, 6.45) is 0.926. The Balaban J connectivity index is 0.000000171. The van der Waals surface area contributed by atoms with Crippen LogP contribution in [0.25, 0.3) is 42.0 Å². The van der Waals surface area contributed by atoms with Crippen molar-refractivity contribution in [2.45, 2.75) is 25.9 Å². The lowest BCUT2D eigenvalue weighted by molar-refractivity contribution is 0.0600. The number of fused-ring (bicyclic) bond motifs is 6. The highest BCUT2D eigenvalue weighted by Crippen LogP contribution is 2.29. The number of aromatic carboxylic acids is 1. The van der Waals surface area contributed by atoms with Crippen LogP contribution in [0.2, 0.25) is 0 Å². The normalized spacial score (nSPS) is 11.2. The zero-order valence-electron chi connectivity index (χ0n) is 23.1. The molecule has 0 saturated heterocycles. The average molecular weight is 621 g/mol. The number of aliphatic hydroxyl groups is 2. The van der Waals surface area contributed by atoms with E-state index in [0.29, 0.717) is 53.3 Å². The molecular formula is C31H28N2O8S2. The first kappa shape index (κ1) is 30.1. The number of esters is 1. The van der Waals surface area contributed by atoms with Gasteiger partial charge in [0.05, 0.1) is 40.0 Å². The Bertz CT molecular complexity index is 2100. The third-order valence-corrected chi connectivity index (χ3v) is 8.99. The standard InChI is InChI=1S/C16H15NO4S.C15H13NO4S/c1-21-16(20)10-3-4-11-13(9-10)17(6-2-7-18)15(19)12-5-8-22-14(11)12;17-6-1-5-16-12-8-9(15(19)20)2-3-10(12)13-11(14(16)18)4-7-21-13/h3-5,8-9,18H,2,6-7H2,1H3;2-4,7-8,17H,1,5-6H2,(H,19,20). The van der Waals surface area contributed by atoms with Crippen LogP contribution in [0.15, 0.2) is 68.9 Å². The van der Waals surface area contributed by atoms with Gasteiger partial charge in [0.1, 0.15) is 0 Å². The molecule has 43 heavy (non-hydrogen) atoms. The number of thiophene rings is 2. The molecule has 0 fully saturated rings. The largest absolute Gasteiger partial charge is 0.478 e. The summed E-state index contributed by atoms with van der Waals surface area (Å²) in [5, 5.41) is 34.0. The highest BCUT2D eigenvalue weighted by atomic mass is 32.1. The third-order valence-electron chi connectivity index (χ3n) is 7.10. The molecular weight excluding hydrogens is 592 g/mol. The number of ether oxygens (including phenoxy) is 1. The van der Waals surface area contributed by atoms with Crippen LogP contribution in [0, 0.1) is 0 Å². The number of hydrogen-bond acceptors (Lipinski definition) is 9. The number of aryl methyl sites for hydroxylation is 2. The molecule has 0 bridgehead atoms. The van der Waals surface area contributed by atoms with Gasteiger partial charge in [-0.25, -0.2) is 9.59 Å². The second-order valence-corrected chi connectivity index (χ2v) is 11.5. The van der Waals surface area contributed by atoms with E-state index in [9.17, 15) is 19.2 Å². The molecule has 2 aromatic carbocycles. The number of aliphatic hydroxyl groups excluding tert-OH is 2. The highest BCUT2D eigenvalue weighted by molar-refractivity contribution is 7.18. The minimum atomic E-state index is -1.02. The van der Waals surface area contributed by atoms with Crippen molar-refractivity contribution in [3.8, 4) is 0 Å². The zero-order chi connectivity index (χ0) is 30.7. The predicted octanol–water partition coefficient (Wildman–Crippen LogP) is 4.68. The fourth-order valence-corrected chi connectivity index (χ4v) is 6.90. The van der Waals surface area contributed by atoms with Crippen LogP contribution in [0.3, 0.4) is 0 Å². The summed E-state index contributed by atoms with van der Waals surface area (Å²) in [6, 6.07) is 13.6. The first-order valence-electron chi connectivity index (χ1n) is 13.4. The lowest BCUT2D eigenvalue weighted by atomic mass is 10.1. The fourth-order valence-electron chi connectivity index (χ4n) is 5.06. The van der Waals surface area contributed by atoms with Gasteiger partial charge in [0, 0.05) is 46.5 Å². The van der Waals surface area contributed by atoms with Crippen molar-refractivity contribution in [3.63, 3.8) is 0 Å². The molecule has 4 heterocycles. The number of carbonyl (C=O) groups excluding carboxylic acids is 1. The van der Waals surface area contributed by atoms with Crippen molar-refractivity contribution in [2.75, 3.05) is 20.3 Å². The lowest BCUT2D eigenvalue weighted by Gasteiger charge is -2.12. The number of carboxylic acid groups (broad SMARTS) is 1. The molecule has 6 aromatic rings. The smallest absolute Gasteiger partial charge is 0.337 e. The van der Waals surface area contributed by atoms with Crippen molar-refractivity contribution in [1.82, 2.24) is 9.13 Å². The van der Waals surface area contributed by atoms with Gasteiger partial charge in [-0.2, -0.15) is 0 Å². The Kier molecular flexibility index (Phi) is 9.02. The molecule has 4 aromatic heterocycles. The van der Waals surface area contributed by atoms with Gasteiger partial charge < -0.3 is 29.2 Å². The Labute approximate surface area is 252 Å². The van der Waals surface area contributed by atoms with Gasteiger partial charge in [-0.15, -0.1) is 22.7 Å². The first-order valence-corrected chi connectivity index (χ1v) is 15.2. The Hall–Kier alpha value is -4.36. The minimum Gasteiger partial charge on any atom is -0.478 e. The van der Waals surface area contributed by atoms with Crippen LogP contribution in [0.5, 0.6) is 0 Å². The van der Waals surface area contributed by atoms with Crippen molar-refractivity contribution >= 4 is 76.6 Å². The number of carbonyl (C=O) groups is 2. The van der Waals surface area contributed by atoms with Crippen LogP contribution in [-0.2, 0) is 17.8 Å².